The molecule has 1 aromatic heterocycles. The highest BCUT2D eigenvalue weighted by Crippen LogP contribution is 2.28. The van der Waals surface area contributed by atoms with Crippen LogP contribution in [0, 0.1) is 0 Å². The lowest BCUT2D eigenvalue weighted by atomic mass is 9.93. The summed E-state index contributed by atoms with van der Waals surface area (Å²) in [6, 6.07) is 0.501. The highest BCUT2D eigenvalue weighted by molar-refractivity contribution is 4.89. The van der Waals surface area contributed by atoms with E-state index in [0.29, 0.717) is 30.9 Å². The number of nitrogens with zero attached hydrogens (tertiary/aromatic N) is 3. The van der Waals surface area contributed by atoms with E-state index in [4.69, 9.17) is 14.0 Å². The second-order valence-corrected chi connectivity index (χ2v) is 5.86. The molecule has 20 heavy (non-hydrogen) atoms. The Hall–Kier alpha value is -0.980. The number of rotatable bonds is 6. The summed E-state index contributed by atoms with van der Waals surface area (Å²) in [4.78, 5) is 6.73. The predicted molar refractivity (Wildman–Crippen MR) is 74.1 cm³/mol. The molecule has 1 aliphatic rings. The SMILES string of the molecule is CCN(Cc1nc(COC)no1)C1CCOC(C)(C)C1. The van der Waals surface area contributed by atoms with E-state index < -0.39 is 0 Å². The van der Waals surface area contributed by atoms with Gasteiger partial charge >= 0.3 is 0 Å². The summed E-state index contributed by atoms with van der Waals surface area (Å²) in [6.07, 6.45) is 2.08. The molecule has 0 N–H and O–H groups in total. The maximum atomic E-state index is 5.78. The van der Waals surface area contributed by atoms with Gasteiger partial charge in [0.25, 0.3) is 0 Å². The molecule has 1 saturated heterocycles. The fourth-order valence-electron chi connectivity index (χ4n) is 2.73. The molecular formula is C14H25N3O3. The molecule has 0 aliphatic carbocycles. The van der Waals surface area contributed by atoms with E-state index in [1.807, 2.05) is 0 Å². The molecule has 2 heterocycles. The van der Waals surface area contributed by atoms with Crippen LogP contribution in [0.25, 0.3) is 0 Å². The number of hydrogen-bond acceptors (Lipinski definition) is 6. The van der Waals surface area contributed by atoms with Crippen LogP contribution < -0.4 is 0 Å². The highest BCUT2D eigenvalue weighted by atomic mass is 16.5. The lowest BCUT2D eigenvalue weighted by molar-refractivity contribution is -0.0848. The van der Waals surface area contributed by atoms with Gasteiger partial charge in [0.05, 0.1) is 12.1 Å². The van der Waals surface area contributed by atoms with Crippen LogP contribution in [0.5, 0.6) is 0 Å². The van der Waals surface area contributed by atoms with Crippen molar-refractivity contribution in [3.05, 3.63) is 11.7 Å². The number of methoxy groups -OCH3 is 1. The minimum Gasteiger partial charge on any atom is -0.377 e. The van der Waals surface area contributed by atoms with Gasteiger partial charge in [-0.3, -0.25) is 4.90 Å². The van der Waals surface area contributed by atoms with Crippen molar-refractivity contribution in [2.24, 2.45) is 0 Å². The maximum absolute atomic E-state index is 5.78. The third kappa shape index (κ3) is 4.01. The molecule has 114 valence electrons. The fourth-order valence-corrected chi connectivity index (χ4v) is 2.73. The van der Waals surface area contributed by atoms with Crippen molar-refractivity contribution in [1.82, 2.24) is 15.0 Å². The van der Waals surface area contributed by atoms with Crippen LogP contribution in [0.15, 0.2) is 4.52 Å². The fraction of sp³-hybridized carbons (Fsp3) is 0.857. The monoisotopic (exact) mass is 283 g/mol. The molecule has 0 spiro atoms. The van der Waals surface area contributed by atoms with Gasteiger partial charge in [-0.05, 0) is 33.2 Å². The quantitative estimate of drug-likeness (QED) is 0.795. The second kappa shape index (κ2) is 6.65. The summed E-state index contributed by atoms with van der Waals surface area (Å²) in [6.45, 7) is 9.31. The van der Waals surface area contributed by atoms with E-state index in [-0.39, 0.29) is 5.60 Å². The maximum Gasteiger partial charge on any atom is 0.240 e. The summed E-state index contributed by atoms with van der Waals surface area (Å²) in [5, 5.41) is 3.90. The molecule has 6 heteroatoms. The Labute approximate surface area is 120 Å². The van der Waals surface area contributed by atoms with Crippen LogP contribution in [0.3, 0.4) is 0 Å². The molecule has 0 radical (unpaired) electrons. The average molecular weight is 283 g/mol. The van der Waals surface area contributed by atoms with E-state index in [0.717, 1.165) is 26.0 Å². The standard InChI is InChI=1S/C14H25N3O3/c1-5-17(11-6-7-19-14(2,3)8-11)9-13-15-12(10-18-4)16-20-13/h11H,5-10H2,1-4H3. The molecular weight excluding hydrogens is 258 g/mol. The summed E-state index contributed by atoms with van der Waals surface area (Å²) in [5.41, 5.74) is -0.0492. The lowest BCUT2D eigenvalue weighted by Crippen LogP contribution is -2.45. The summed E-state index contributed by atoms with van der Waals surface area (Å²) in [5.74, 6) is 1.26. The zero-order chi connectivity index (χ0) is 14.6. The Balaban J connectivity index is 1.97. The molecule has 0 saturated carbocycles. The van der Waals surface area contributed by atoms with Crippen LogP contribution in [-0.2, 0) is 22.6 Å². The Morgan fingerprint density at radius 2 is 2.25 bits per heavy atom. The van der Waals surface area contributed by atoms with Crippen molar-refractivity contribution in [2.45, 2.75) is 58.4 Å². The van der Waals surface area contributed by atoms with E-state index in [9.17, 15) is 0 Å². The van der Waals surface area contributed by atoms with Gasteiger partial charge in [-0.1, -0.05) is 12.1 Å². The summed E-state index contributed by atoms with van der Waals surface area (Å²) >= 11 is 0. The number of hydrogen-bond donors (Lipinski definition) is 0. The Morgan fingerprint density at radius 3 is 2.90 bits per heavy atom. The van der Waals surface area contributed by atoms with E-state index >= 15 is 0 Å². The second-order valence-electron chi connectivity index (χ2n) is 5.86. The molecule has 1 atom stereocenters. The topological polar surface area (TPSA) is 60.6 Å². The molecule has 0 amide bonds. The third-order valence-electron chi connectivity index (χ3n) is 3.72. The average Bonchev–Trinajstić information content (AvgIpc) is 2.82. The zero-order valence-corrected chi connectivity index (χ0v) is 12.9. The van der Waals surface area contributed by atoms with Gasteiger partial charge in [0, 0.05) is 19.8 Å². The van der Waals surface area contributed by atoms with Crippen molar-refractivity contribution in [2.75, 3.05) is 20.3 Å². The van der Waals surface area contributed by atoms with Gasteiger partial charge < -0.3 is 14.0 Å². The van der Waals surface area contributed by atoms with Crippen LogP contribution in [0.1, 0.15) is 45.3 Å². The Bertz CT molecular complexity index is 420. The smallest absolute Gasteiger partial charge is 0.240 e. The normalized spacial score (nSPS) is 22.4. The van der Waals surface area contributed by atoms with Crippen molar-refractivity contribution in [3.63, 3.8) is 0 Å². The molecule has 2 rings (SSSR count). The number of ether oxygens (including phenoxy) is 2. The first-order valence-corrected chi connectivity index (χ1v) is 7.22. The number of aromatic nitrogens is 2. The van der Waals surface area contributed by atoms with Crippen molar-refractivity contribution >= 4 is 0 Å². The predicted octanol–water partition coefficient (Wildman–Crippen LogP) is 2.00. The first-order valence-electron chi connectivity index (χ1n) is 7.22. The highest BCUT2D eigenvalue weighted by Gasteiger charge is 2.32. The van der Waals surface area contributed by atoms with Crippen molar-refractivity contribution in [1.29, 1.82) is 0 Å². The van der Waals surface area contributed by atoms with Crippen molar-refractivity contribution < 1.29 is 14.0 Å². The first-order chi connectivity index (χ1) is 9.54. The van der Waals surface area contributed by atoms with Gasteiger partial charge in [-0.2, -0.15) is 4.98 Å². The van der Waals surface area contributed by atoms with Gasteiger partial charge in [-0.15, -0.1) is 0 Å². The first kappa shape index (κ1) is 15.4. The molecule has 0 aromatic carbocycles. The summed E-state index contributed by atoms with van der Waals surface area (Å²) < 4.78 is 16.1. The van der Waals surface area contributed by atoms with E-state index in [1.54, 1.807) is 7.11 Å². The van der Waals surface area contributed by atoms with Gasteiger partial charge in [-0.25, -0.2) is 0 Å². The molecule has 1 fully saturated rings. The zero-order valence-electron chi connectivity index (χ0n) is 12.9. The van der Waals surface area contributed by atoms with Crippen LogP contribution >= 0.6 is 0 Å². The molecule has 1 aromatic rings. The van der Waals surface area contributed by atoms with E-state index in [1.165, 1.54) is 0 Å². The summed E-state index contributed by atoms with van der Waals surface area (Å²) in [7, 11) is 1.62. The Morgan fingerprint density at radius 1 is 1.45 bits per heavy atom. The minimum atomic E-state index is -0.0492. The molecule has 1 aliphatic heterocycles. The minimum absolute atomic E-state index is 0.0492. The van der Waals surface area contributed by atoms with Gasteiger partial charge in [0.2, 0.25) is 5.89 Å². The van der Waals surface area contributed by atoms with Gasteiger partial charge in [0.15, 0.2) is 5.82 Å². The third-order valence-corrected chi connectivity index (χ3v) is 3.72. The lowest BCUT2D eigenvalue weighted by Gasteiger charge is -2.40. The van der Waals surface area contributed by atoms with Crippen LogP contribution in [0.2, 0.25) is 0 Å². The van der Waals surface area contributed by atoms with Crippen molar-refractivity contribution in [3.8, 4) is 0 Å². The van der Waals surface area contributed by atoms with Crippen LogP contribution in [0.4, 0.5) is 0 Å². The van der Waals surface area contributed by atoms with E-state index in [2.05, 4.69) is 35.8 Å². The molecule has 6 nitrogen and oxygen atoms in total. The Kier molecular flexibility index (Phi) is 5.12. The largest absolute Gasteiger partial charge is 0.377 e. The van der Waals surface area contributed by atoms with Crippen LogP contribution in [-0.4, -0.2) is 46.9 Å². The molecule has 0 bridgehead atoms. The molecule has 1 unspecified atom stereocenters. The van der Waals surface area contributed by atoms with Gasteiger partial charge in [0.1, 0.15) is 6.61 Å².